The van der Waals surface area contributed by atoms with Crippen molar-refractivity contribution in [2.75, 3.05) is 18.0 Å². The molecule has 0 bridgehead atoms. The van der Waals surface area contributed by atoms with Crippen LogP contribution in [-0.2, 0) is 4.79 Å². The van der Waals surface area contributed by atoms with E-state index >= 15 is 0 Å². The SMILES string of the molecule is CC(C)(C)C(=O)C(N)CC1CCN(c2ncnc3cc(C(N)=O)sc23)CC1. The Hall–Kier alpha value is -2.06. The molecule has 3 heterocycles. The Kier molecular flexibility index (Phi) is 5.48. The molecular formula is C19H27N5O2S. The average molecular weight is 390 g/mol. The van der Waals surface area contributed by atoms with E-state index in [1.807, 2.05) is 20.8 Å². The topological polar surface area (TPSA) is 115 Å². The van der Waals surface area contributed by atoms with Crippen LogP contribution < -0.4 is 16.4 Å². The largest absolute Gasteiger partial charge is 0.365 e. The van der Waals surface area contributed by atoms with Crippen molar-refractivity contribution < 1.29 is 9.59 Å². The molecule has 1 aliphatic rings. The lowest BCUT2D eigenvalue weighted by Gasteiger charge is -2.34. The molecule has 1 saturated heterocycles. The molecule has 0 saturated carbocycles. The molecule has 27 heavy (non-hydrogen) atoms. The lowest BCUT2D eigenvalue weighted by Crippen LogP contribution is -2.42. The molecule has 1 amide bonds. The number of primary amides is 1. The van der Waals surface area contributed by atoms with Gasteiger partial charge in [0.25, 0.3) is 5.91 Å². The van der Waals surface area contributed by atoms with Gasteiger partial charge < -0.3 is 16.4 Å². The van der Waals surface area contributed by atoms with Crippen molar-refractivity contribution in [1.82, 2.24) is 9.97 Å². The van der Waals surface area contributed by atoms with E-state index in [4.69, 9.17) is 11.5 Å². The monoisotopic (exact) mass is 389 g/mol. The Labute approximate surface area is 163 Å². The summed E-state index contributed by atoms with van der Waals surface area (Å²) in [5.74, 6) is 0.968. The number of fused-ring (bicyclic) bond motifs is 1. The standard InChI is InChI=1S/C19H27N5O2S/c1-19(2,3)16(25)12(20)8-11-4-6-24(7-5-11)18-15-13(22-10-23-18)9-14(27-15)17(21)26/h9-12H,4-8,20H2,1-3H3,(H2,21,26). The van der Waals surface area contributed by atoms with Gasteiger partial charge in [0.1, 0.15) is 12.1 Å². The highest BCUT2D eigenvalue weighted by atomic mass is 32.1. The maximum absolute atomic E-state index is 12.3. The summed E-state index contributed by atoms with van der Waals surface area (Å²) in [5.41, 5.74) is 11.9. The minimum atomic E-state index is -0.444. The fourth-order valence-corrected chi connectivity index (χ4v) is 4.57. The Morgan fingerprint density at radius 1 is 1.30 bits per heavy atom. The molecule has 4 N–H and O–H groups in total. The number of amides is 1. The second-order valence-corrected chi connectivity index (χ2v) is 9.33. The first-order chi connectivity index (χ1) is 12.7. The van der Waals surface area contributed by atoms with Crippen molar-refractivity contribution in [2.45, 2.75) is 46.1 Å². The van der Waals surface area contributed by atoms with Crippen molar-refractivity contribution in [3.63, 3.8) is 0 Å². The van der Waals surface area contributed by atoms with Crippen molar-refractivity contribution in [3.05, 3.63) is 17.3 Å². The third-order valence-electron chi connectivity index (χ3n) is 5.11. The number of rotatable bonds is 5. The van der Waals surface area contributed by atoms with Crippen LogP contribution >= 0.6 is 11.3 Å². The fraction of sp³-hybridized carbons (Fsp3) is 0.579. The molecular weight excluding hydrogens is 362 g/mol. The molecule has 0 radical (unpaired) electrons. The van der Waals surface area contributed by atoms with Gasteiger partial charge in [-0.25, -0.2) is 9.97 Å². The number of hydrogen-bond donors (Lipinski definition) is 2. The highest BCUT2D eigenvalue weighted by Gasteiger charge is 2.30. The number of aromatic nitrogens is 2. The molecule has 1 aliphatic heterocycles. The number of nitrogens with two attached hydrogens (primary N) is 2. The van der Waals surface area contributed by atoms with Crippen LogP contribution in [-0.4, -0.2) is 40.8 Å². The fourth-order valence-electron chi connectivity index (χ4n) is 3.59. The number of carbonyl (C=O) groups excluding carboxylic acids is 2. The second-order valence-electron chi connectivity index (χ2n) is 8.27. The number of carbonyl (C=O) groups is 2. The van der Waals surface area contributed by atoms with Crippen molar-refractivity contribution in [3.8, 4) is 0 Å². The van der Waals surface area contributed by atoms with Gasteiger partial charge in [0, 0.05) is 18.5 Å². The van der Waals surface area contributed by atoms with Crippen LogP contribution in [0.1, 0.15) is 49.7 Å². The number of Topliss-reactive ketones (excluding diaryl/α,β-unsaturated/α-hetero) is 1. The van der Waals surface area contributed by atoms with E-state index in [2.05, 4.69) is 14.9 Å². The van der Waals surface area contributed by atoms with Gasteiger partial charge in [0.05, 0.1) is 21.1 Å². The van der Waals surface area contributed by atoms with Gasteiger partial charge in [-0.2, -0.15) is 0 Å². The summed E-state index contributed by atoms with van der Waals surface area (Å²) in [6.45, 7) is 7.44. The van der Waals surface area contributed by atoms with Gasteiger partial charge in [-0.1, -0.05) is 20.8 Å². The molecule has 2 aromatic rings. The molecule has 1 fully saturated rings. The molecule has 7 nitrogen and oxygen atoms in total. The third kappa shape index (κ3) is 4.27. The molecule has 0 spiro atoms. The van der Waals surface area contributed by atoms with Crippen LogP contribution in [0.5, 0.6) is 0 Å². The molecule has 3 rings (SSSR count). The molecule has 1 unspecified atom stereocenters. The zero-order chi connectivity index (χ0) is 19.8. The zero-order valence-electron chi connectivity index (χ0n) is 16.1. The first kappa shape index (κ1) is 19.7. The highest BCUT2D eigenvalue weighted by molar-refractivity contribution is 7.21. The molecule has 8 heteroatoms. The number of ketones is 1. The third-order valence-corrected chi connectivity index (χ3v) is 6.25. The van der Waals surface area contributed by atoms with E-state index in [1.165, 1.54) is 17.7 Å². The van der Waals surface area contributed by atoms with E-state index in [1.54, 1.807) is 6.07 Å². The van der Waals surface area contributed by atoms with Gasteiger partial charge >= 0.3 is 0 Å². The number of hydrogen-bond acceptors (Lipinski definition) is 7. The summed E-state index contributed by atoms with van der Waals surface area (Å²) in [6, 6.07) is 1.32. The second kappa shape index (κ2) is 7.52. The summed E-state index contributed by atoms with van der Waals surface area (Å²) in [5, 5.41) is 0. The predicted octanol–water partition coefficient (Wildman–Crippen LogP) is 2.34. The number of anilines is 1. The van der Waals surface area contributed by atoms with Gasteiger partial charge in [0.15, 0.2) is 5.78 Å². The lowest BCUT2D eigenvalue weighted by molar-refractivity contribution is -0.128. The predicted molar refractivity (Wildman–Crippen MR) is 108 cm³/mol. The lowest BCUT2D eigenvalue weighted by atomic mass is 9.81. The van der Waals surface area contributed by atoms with Gasteiger partial charge in [-0.15, -0.1) is 11.3 Å². The van der Waals surface area contributed by atoms with Crippen LogP contribution in [0.25, 0.3) is 10.2 Å². The van der Waals surface area contributed by atoms with Crippen LogP contribution in [0.2, 0.25) is 0 Å². The maximum Gasteiger partial charge on any atom is 0.258 e. The number of thiophene rings is 1. The number of nitrogens with zero attached hydrogens (tertiary/aromatic N) is 3. The number of piperidine rings is 1. The average Bonchev–Trinajstić information content (AvgIpc) is 3.05. The van der Waals surface area contributed by atoms with E-state index in [0.717, 1.165) is 48.4 Å². The minimum Gasteiger partial charge on any atom is -0.365 e. The van der Waals surface area contributed by atoms with Crippen molar-refractivity contribution in [1.29, 1.82) is 0 Å². The first-order valence-electron chi connectivity index (χ1n) is 9.26. The summed E-state index contributed by atoms with van der Waals surface area (Å²) in [7, 11) is 0. The molecule has 0 aliphatic carbocycles. The van der Waals surface area contributed by atoms with Crippen LogP contribution in [0.15, 0.2) is 12.4 Å². The maximum atomic E-state index is 12.3. The van der Waals surface area contributed by atoms with E-state index in [-0.39, 0.29) is 5.78 Å². The Morgan fingerprint density at radius 3 is 2.56 bits per heavy atom. The van der Waals surface area contributed by atoms with Gasteiger partial charge in [0.2, 0.25) is 0 Å². The summed E-state index contributed by atoms with van der Waals surface area (Å²) < 4.78 is 0.893. The van der Waals surface area contributed by atoms with E-state index in [0.29, 0.717) is 10.8 Å². The molecule has 1 atom stereocenters. The Balaban J connectivity index is 1.67. The Morgan fingerprint density at radius 2 is 1.96 bits per heavy atom. The van der Waals surface area contributed by atoms with Crippen LogP contribution in [0.3, 0.4) is 0 Å². The smallest absolute Gasteiger partial charge is 0.258 e. The van der Waals surface area contributed by atoms with Crippen molar-refractivity contribution >= 4 is 39.1 Å². The van der Waals surface area contributed by atoms with Gasteiger partial charge in [-0.3, -0.25) is 9.59 Å². The quantitative estimate of drug-likeness (QED) is 0.811. The molecule has 0 aromatic carbocycles. The first-order valence-corrected chi connectivity index (χ1v) is 10.1. The summed E-state index contributed by atoms with van der Waals surface area (Å²) >= 11 is 1.34. The highest BCUT2D eigenvalue weighted by Crippen LogP contribution is 2.34. The van der Waals surface area contributed by atoms with Crippen molar-refractivity contribution in [2.24, 2.45) is 22.8 Å². The zero-order valence-corrected chi connectivity index (χ0v) is 16.9. The van der Waals surface area contributed by atoms with Crippen LogP contribution in [0.4, 0.5) is 5.82 Å². The minimum absolute atomic E-state index is 0.125. The molecule has 146 valence electrons. The normalized spacial score (nSPS) is 17.3. The molecule has 2 aromatic heterocycles. The Bertz CT molecular complexity index is 849. The summed E-state index contributed by atoms with van der Waals surface area (Å²) in [6.07, 6.45) is 4.18. The van der Waals surface area contributed by atoms with E-state index in [9.17, 15) is 9.59 Å². The van der Waals surface area contributed by atoms with Crippen LogP contribution in [0, 0.1) is 11.3 Å². The van der Waals surface area contributed by atoms with Gasteiger partial charge in [-0.05, 0) is 31.2 Å². The summed E-state index contributed by atoms with van der Waals surface area (Å²) in [4.78, 5) is 35.2. The van der Waals surface area contributed by atoms with E-state index < -0.39 is 17.4 Å².